The van der Waals surface area contributed by atoms with E-state index < -0.39 is 0 Å². The molecule has 0 spiro atoms. The smallest absolute Gasteiger partial charge is 0.0963 e. The SMILES string of the molecule is CC1CCN=C(NCC(C)CO)CC1. The average Bonchev–Trinajstić information content (AvgIpc) is 2.39. The number of hydrogen-bond donors (Lipinski definition) is 2. The third kappa shape index (κ3) is 4.09. The molecule has 0 aromatic heterocycles. The number of nitrogens with one attached hydrogen (secondary N) is 1. The zero-order chi connectivity index (χ0) is 10.4. The minimum Gasteiger partial charge on any atom is -0.396 e. The number of rotatable bonds is 3. The van der Waals surface area contributed by atoms with Gasteiger partial charge in [-0.3, -0.25) is 4.99 Å². The van der Waals surface area contributed by atoms with Crippen LogP contribution in [0.25, 0.3) is 0 Å². The van der Waals surface area contributed by atoms with Crippen LogP contribution in [0.5, 0.6) is 0 Å². The minimum absolute atomic E-state index is 0.247. The second-order valence-electron chi connectivity index (χ2n) is 4.43. The predicted molar refractivity (Wildman–Crippen MR) is 59.6 cm³/mol. The molecule has 0 saturated carbocycles. The van der Waals surface area contributed by atoms with Crippen molar-refractivity contribution in [1.29, 1.82) is 0 Å². The van der Waals surface area contributed by atoms with Gasteiger partial charge in [-0.2, -0.15) is 0 Å². The molecule has 2 atom stereocenters. The molecule has 0 aromatic rings. The van der Waals surface area contributed by atoms with Crippen molar-refractivity contribution in [3.8, 4) is 0 Å². The molecule has 0 amide bonds. The summed E-state index contributed by atoms with van der Waals surface area (Å²) in [5, 5.41) is 12.2. The quantitative estimate of drug-likeness (QED) is 0.720. The Morgan fingerprint density at radius 2 is 2.36 bits per heavy atom. The van der Waals surface area contributed by atoms with Gasteiger partial charge in [-0.1, -0.05) is 13.8 Å². The first-order valence-corrected chi connectivity index (χ1v) is 5.60. The molecule has 3 nitrogen and oxygen atoms in total. The monoisotopic (exact) mass is 198 g/mol. The van der Waals surface area contributed by atoms with Crippen molar-refractivity contribution in [3.63, 3.8) is 0 Å². The van der Waals surface area contributed by atoms with Crippen LogP contribution in [0.1, 0.15) is 33.1 Å². The largest absolute Gasteiger partial charge is 0.396 e. The summed E-state index contributed by atoms with van der Waals surface area (Å²) in [5.74, 6) is 2.25. The van der Waals surface area contributed by atoms with Gasteiger partial charge in [-0.15, -0.1) is 0 Å². The lowest BCUT2D eigenvalue weighted by Gasteiger charge is -2.12. The maximum absolute atomic E-state index is 8.88. The van der Waals surface area contributed by atoms with Gasteiger partial charge in [0.1, 0.15) is 0 Å². The lowest BCUT2D eigenvalue weighted by atomic mass is 10.0. The van der Waals surface area contributed by atoms with E-state index in [1.807, 2.05) is 6.92 Å². The molecule has 3 heteroatoms. The van der Waals surface area contributed by atoms with Gasteiger partial charge in [-0.05, 0) is 24.7 Å². The van der Waals surface area contributed by atoms with Crippen LogP contribution in [0.15, 0.2) is 4.99 Å². The van der Waals surface area contributed by atoms with Gasteiger partial charge in [-0.25, -0.2) is 0 Å². The molecule has 0 bridgehead atoms. The van der Waals surface area contributed by atoms with Crippen molar-refractivity contribution in [2.24, 2.45) is 16.8 Å². The maximum atomic E-state index is 8.88. The molecule has 14 heavy (non-hydrogen) atoms. The lowest BCUT2D eigenvalue weighted by Crippen LogP contribution is -2.29. The Morgan fingerprint density at radius 3 is 3.07 bits per heavy atom. The highest BCUT2D eigenvalue weighted by atomic mass is 16.3. The van der Waals surface area contributed by atoms with Crippen molar-refractivity contribution < 1.29 is 5.11 Å². The molecular formula is C11H22N2O. The third-order valence-electron chi connectivity index (χ3n) is 2.76. The Kier molecular flexibility index (Phi) is 4.94. The van der Waals surface area contributed by atoms with Crippen LogP contribution >= 0.6 is 0 Å². The number of nitrogens with zero attached hydrogens (tertiary/aromatic N) is 1. The molecule has 82 valence electrons. The first-order chi connectivity index (χ1) is 6.72. The van der Waals surface area contributed by atoms with E-state index in [2.05, 4.69) is 17.2 Å². The van der Waals surface area contributed by atoms with E-state index >= 15 is 0 Å². The van der Waals surface area contributed by atoms with E-state index in [4.69, 9.17) is 5.11 Å². The Bertz CT molecular complexity index is 192. The summed E-state index contributed by atoms with van der Waals surface area (Å²) in [6, 6.07) is 0. The molecule has 1 heterocycles. The average molecular weight is 198 g/mol. The van der Waals surface area contributed by atoms with Gasteiger partial charge in [0.15, 0.2) is 0 Å². The first-order valence-electron chi connectivity index (χ1n) is 5.60. The summed E-state index contributed by atoms with van der Waals surface area (Å²) >= 11 is 0. The highest BCUT2D eigenvalue weighted by Crippen LogP contribution is 2.14. The van der Waals surface area contributed by atoms with Gasteiger partial charge in [0, 0.05) is 26.1 Å². The van der Waals surface area contributed by atoms with Crippen molar-refractivity contribution in [3.05, 3.63) is 0 Å². The Hall–Kier alpha value is -0.570. The van der Waals surface area contributed by atoms with Crippen molar-refractivity contribution in [1.82, 2.24) is 5.32 Å². The normalized spacial score (nSPS) is 25.1. The predicted octanol–water partition coefficient (Wildman–Crippen LogP) is 1.42. The molecule has 1 aliphatic rings. The molecule has 1 rings (SSSR count). The van der Waals surface area contributed by atoms with Crippen LogP contribution in [0.3, 0.4) is 0 Å². The van der Waals surface area contributed by atoms with Crippen molar-refractivity contribution in [2.75, 3.05) is 19.7 Å². The van der Waals surface area contributed by atoms with Crippen molar-refractivity contribution in [2.45, 2.75) is 33.1 Å². The zero-order valence-electron chi connectivity index (χ0n) is 9.29. The molecule has 0 aliphatic carbocycles. The topological polar surface area (TPSA) is 44.6 Å². The van der Waals surface area contributed by atoms with E-state index in [-0.39, 0.29) is 6.61 Å². The van der Waals surface area contributed by atoms with Crippen LogP contribution in [0.2, 0.25) is 0 Å². The van der Waals surface area contributed by atoms with Gasteiger partial charge in [0.25, 0.3) is 0 Å². The van der Waals surface area contributed by atoms with E-state index in [1.165, 1.54) is 12.8 Å². The summed E-state index contributed by atoms with van der Waals surface area (Å²) < 4.78 is 0. The minimum atomic E-state index is 0.247. The second-order valence-corrected chi connectivity index (χ2v) is 4.43. The molecule has 1 aliphatic heterocycles. The summed E-state index contributed by atoms with van der Waals surface area (Å²) in [6.45, 7) is 6.36. The lowest BCUT2D eigenvalue weighted by molar-refractivity contribution is 0.238. The fraction of sp³-hybridized carbons (Fsp3) is 0.909. The second kappa shape index (κ2) is 6.02. The highest BCUT2D eigenvalue weighted by molar-refractivity contribution is 5.82. The zero-order valence-corrected chi connectivity index (χ0v) is 9.29. The molecule has 0 saturated heterocycles. The fourth-order valence-corrected chi connectivity index (χ4v) is 1.53. The molecule has 0 fully saturated rings. The van der Waals surface area contributed by atoms with E-state index in [9.17, 15) is 0 Å². The molecule has 0 radical (unpaired) electrons. The fourth-order valence-electron chi connectivity index (χ4n) is 1.53. The van der Waals surface area contributed by atoms with Gasteiger partial charge >= 0.3 is 0 Å². The Labute approximate surface area is 86.6 Å². The number of hydrogen-bond acceptors (Lipinski definition) is 3. The number of aliphatic imine (C=N–C) groups is 1. The summed E-state index contributed by atoms with van der Waals surface area (Å²) in [4.78, 5) is 4.50. The van der Waals surface area contributed by atoms with E-state index in [0.29, 0.717) is 5.92 Å². The number of aliphatic hydroxyl groups excluding tert-OH is 1. The van der Waals surface area contributed by atoms with Gasteiger partial charge in [0.2, 0.25) is 0 Å². The van der Waals surface area contributed by atoms with Crippen LogP contribution < -0.4 is 5.32 Å². The number of amidine groups is 1. The van der Waals surface area contributed by atoms with E-state index in [0.717, 1.165) is 31.3 Å². The molecular weight excluding hydrogens is 176 g/mol. The molecule has 2 unspecified atom stereocenters. The van der Waals surface area contributed by atoms with Crippen LogP contribution in [0, 0.1) is 11.8 Å². The molecule has 0 aromatic carbocycles. The Balaban J connectivity index is 2.26. The Morgan fingerprint density at radius 1 is 1.57 bits per heavy atom. The summed E-state index contributed by atoms with van der Waals surface area (Å²) in [5.41, 5.74) is 0. The summed E-state index contributed by atoms with van der Waals surface area (Å²) in [7, 11) is 0. The van der Waals surface area contributed by atoms with Crippen molar-refractivity contribution >= 4 is 5.84 Å². The summed E-state index contributed by atoms with van der Waals surface area (Å²) in [6.07, 6.45) is 3.51. The van der Waals surface area contributed by atoms with Crippen LogP contribution in [-0.4, -0.2) is 30.6 Å². The highest BCUT2D eigenvalue weighted by Gasteiger charge is 2.10. The maximum Gasteiger partial charge on any atom is 0.0963 e. The first kappa shape index (κ1) is 11.5. The number of aliphatic hydroxyl groups is 1. The molecule has 2 N–H and O–H groups in total. The van der Waals surface area contributed by atoms with Gasteiger partial charge in [0.05, 0.1) is 5.84 Å². The van der Waals surface area contributed by atoms with Gasteiger partial charge < -0.3 is 10.4 Å². The standard InChI is InChI=1S/C11H22N2O/c1-9-3-4-11(12-6-5-9)13-7-10(2)8-14/h9-10,14H,3-8H2,1-2H3,(H,12,13). The third-order valence-corrected chi connectivity index (χ3v) is 2.76. The van der Waals surface area contributed by atoms with Crippen LogP contribution in [-0.2, 0) is 0 Å². The van der Waals surface area contributed by atoms with E-state index in [1.54, 1.807) is 0 Å². The van der Waals surface area contributed by atoms with Crippen LogP contribution in [0.4, 0.5) is 0 Å².